The Hall–Kier alpha value is -1.23. The first-order valence-corrected chi connectivity index (χ1v) is 5.90. The minimum absolute atomic E-state index is 0.218. The van der Waals surface area contributed by atoms with E-state index in [1.165, 1.54) is 31.7 Å². The average molecular weight is 238 g/mol. The summed E-state index contributed by atoms with van der Waals surface area (Å²) in [5.74, 6) is 0.167. The molecule has 1 heterocycles. The van der Waals surface area contributed by atoms with E-state index in [4.69, 9.17) is 0 Å². The summed E-state index contributed by atoms with van der Waals surface area (Å²) in [5, 5.41) is 0. The second kappa shape index (κ2) is 4.56. The van der Waals surface area contributed by atoms with Crippen LogP contribution in [0.4, 0.5) is 10.2 Å². The Morgan fingerprint density at radius 3 is 2.47 bits per heavy atom. The number of likely N-dealkylation sites (N-methyl/N-ethyl adjacent to an activating group) is 2. The smallest absolute Gasteiger partial charge is 0.218 e. The maximum absolute atomic E-state index is 13.0. The molecule has 0 aliphatic heterocycles. The van der Waals surface area contributed by atoms with E-state index in [0.717, 1.165) is 6.54 Å². The molecule has 0 N–H and O–H groups in total. The molecule has 0 atom stereocenters. The van der Waals surface area contributed by atoms with Gasteiger partial charge in [-0.3, -0.25) is 0 Å². The first-order valence-electron chi connectivity index (χ1n) is 5.90. The molecule has 1 fully saturated rings. The number of rotatable bonds is 4. The number of aromatic nitrogens is 2. The molecule has 0 saturated heterocycles. The minimum atomic E-state index is -0.477. The van der Waals surface area contributed by atoms with Crippen molar-refractivity contribution < 1.29 is 4.39 Å². The number of hydrogen-bond donors (Lipinski definition) is 0. The molecule has 1 aromatic heterocycles. The van der Waals surface area contributed by atoms with Crippen LogP contribution in [0.2, 0.25) is 0 Å². The fourth-order valence-corrected chi connectivity index (χ4v) is 2.39. The van der Waals surface area contributed by atoms with E-state index in [-0.39, 0.29) is 5.54 Å². The lowest BCUT2D eigenvalue weighted by molar-refractivity contribution is 0.0681. The van der Waals surface area contributed by atoms with E-state index >= 15 is 0 Å². The number of nitrogens with zero attached hydrogens (tertiary/aromatic N) is 4. The van der Waals surface area contributed by atoms with Gasteiger partial charge < -0.3 is 9.80 Å². The first-order chi connectivity index (χ1) is 8.03. The van der Waals surface area contributed by atoms with E-state index in [1.807, 2.05) is 11.9 Å². The molecule has 0 radical (unpaired) electrons. The zero-order valence-corrected chi connectivity index (χ0v) is 10.6. The van der Waals surface area contributed by atoms with Crippen LogP contribution in [-0.4, -0.2) is 48.1 Å². The largest absolute Gasteiger partial charge is 0.358 e. The minimum Gasteiger partial charge on any atom is -0.358 e. The average Bonchev–Trinajstić information content (AvgIpc) is 2.22. The summed E-state index contributed by atoms with van der Waals surface area (Å²) in [5.41, 5.74) is 0.218. The van der Waals surface area contributed by atoms with Gasteiger partial charge in [-0.2, -0.15) is 4.39 Å². The molecule has 17 heavy (non-hydrogen) atoms. The van der Waals surface area contributed by atoms with Crippen LogP contribution in [0.15, 0.2) is 12.4 Å². The molecular weight excluding hydrogens is 219 g/mol. The first kappa shape index (κ1) is 12.2. The van der Waals surface area contributed by atoms with E-state index in [2.05, 4.69) is 29.0 Å². The van der Waals surface area contributed by atoms with Crippen LogP contribution >= 0.6 is 0 Å². The van der Waals surface area contributed by atoms with Crippen LogP contribution in [0.25, 0.3) is 0 Å². The van der Waals surface area contributed by atoms with Crippen LogP contribution in [-0.2, 0) is 0 Å². The van der Waals surface area contributed by atoms with Gasteiger partial charge in [0, 0.05) is 25.2 Å². The molecule has 4 nitrogen and oxygen atoms in total. The SMILES string of the molecule is CN(CC1(N(C)C)CCC1)c1cc(F)ncn1. The Labute approximate surface area is 101 Å². The van der Waals surface area contributed by atoms with Gasteiger partial charge in [-0.15, -0.1) is 0 Å². The zero-order chi connectivity index (χ0) is 12.5. The van der Waals surface area contributed by atoms with Crippen LogP contribution < -0.4 is 4.90 Å². The lowest BCUT2D eigenvalue weighted by Crippen LogP contribution is -2.56. The Kier molecular flexibility index (Phi) is 3.28. The van der Waals surface area contributed by atoms with Gasteiger partial charge >= 0.3 is 0 Å². The summed E-state index contributed by atoms with van der Waals surface area (Å²) in [6.45, 7) is 0.871. The van der Waals surface area contributed by atoms with Gasteiger partial charge in [0.05, 0.1) is 0 Å². The lowest BCUT2D eigenvalue weighted by Gasteiger charge is -2.49. The fourth-order valence-electron chi connectivity index (χ4n) is 2.39. The Balaban J connectivity index is 2.08. The maximum atomic E-state index is 13.0. The third-order valence-corrected chi connectivity index (χ3v) is 3.77. The van der Waals surface area contributed by atoms with Gasteiger partial charge in [0.2, 0.25) is 5.95 Å². The number of hydrogen-bond acceptors (Lipinski definition) is 4. The standard InChI is InChI=1S/C12H19FN4/c1-16(2)12(5-4-6-12)8-17(3)11-7-10(13)14-9-15-11/h7,9H,4-6,8H2,1-3H3. The van der Waals surface area contributed by atoms with Crippen molar-refractivity contribution in [3.05, 3.63) is 18.3 Å². The summed E-state index contributed by atoms with van der Waals surface area (Å²) in [7, 11) is 6.16. The fraction of sp³-hybridized carbons (Fsp3) is 0.667. The highest BCUT2D eigenvalue weighted by Gasteiger charge is 2.40. The summed E-state index contributed by atoms with van der Waals surface area (Å²) in [6, 6.07) is 1.38. The normalized spacial score (nSPS) is 17.9. The molecule has 1 aliphatic rings. The van der Waals surface area contributed by atoms with Crippen molar-refractivity contribution in [1.29, 1.82) is 0 Å². The van der Waals surface area contributed by atoms with E-state index < -0.39 is 5.95 Å². The predicted octanol–water partition coefficient (Wildman–Crippen LogP) is 1.54. The maximum Gasteiger partial charge on any atom is 0.218 e. The van der Waals surface area contributed by atoms with Crippen molar-refractivity contribution in [2.24, 2.45) is 0 Å². The van der Waals surface area contributed by atoms with Gasteiger partial charge in [-0.05, 0) is 33.4 Å². The van der Waals surface area contributed by atoms with Crippen molar-refractivity contribution in [3.8, 4) is 0 Å². The quantitative estimate of drug-likeness (QED) is 0.745. The van der Waals surface area contributed by atoms with Crippen LogP contribution in [0.3, 0.4) is 0 Å². The molecule has 0 spiro atoms. The molecule has 0 amide bonds. The Morgan fingerprint density at radius 1 is 1.29 bits per heavy atom. The van der Waals surface area contributed by atoms with Crippen molar-refractivity contribution >= 4 is 5.82 Å². The van der Waals surface area contributed by atoms with Gasteiger partial charge in [0.1, 0.15) is 12.1 Å². The zero-order valence-electron chi connectivity index (χ0n) is 10.6. The molecule has 94 valence electrons. The van der Waals surface area contributed by atoms with Crippen LogP contribution in [0.1, 0.15) is 19.3 Å². The van der Waals surface area contributed by atoms with Crippen molar-refractivity contribution in [1.82, 2.24) is 14.9 Å². The van der Waals surface area contributed by atoms with E-state index in [0.29, 0.717) is 5.82 Å². The van der Waals surface area contributed by atoms with Crippen molar-refractivity contribution in [2.45, 2.75) is 24.8 Å². The molecule has 0 unspecified atom stereocenters. The molecule has 1 saturated carbocycles. The predicted molar refractivity (Wildman–Crippen MR) is 65.5 cm³/mol. The van der Waals surface area contributed by atoms with E-state index in [9.17, 15) is 4.39 Å². The topological polar surface area (TPSA) is 32.3 Å². The lowest BCUT2D eigenvalue weighted by atomic mass is 9.75. The monoisotopic (exact) mass is 238 g/mol. The second-order valence-electron chi connectivity index (χ2n) is 5.03. The summed E-state index contributed by atoms with van der Waals surface area (Å²) >= 11 is 0. The Morgan fingerprint density at radius 2 is 2.00 bits per heavy atom. The summed E-state index contributed by atoms with van der Waals surface area (Å²) < 4.78 is 13.0. The third kappa shape index (κ3) is 2.39. The van der Waals surface area contributed by atoms with Gasteiger partial charge in [0.15, 0.2) is 0 Å². The molecule has 0 aromatic carbocycles. The molecule has 2 rings (SSSR count). The summed E-state index contributed by atoms with van der Waals surface area (Å²) in [4.78, 5) is 11.8. The van der Waals surface area contributed by atoms with Crippen LogP contribution in [0.5, 0.6) is 0 Å². The van der Waals surface area contributed by atoms with Gasteiger partial charge in [0.25, 0.3) is 0 Å². The molecule has 0 bridgehead atoms. The molecule has 5 heteroatoms. The second-order valence-corrected chi connectivity index (χ2v) is 5.03. The van der Waals surface area contributed by atoms with Gasteiger partial charge in [-0.25, -0.2) is 9.97 Å². The number of halogens is 1. The van der Waals surface area contributed by atoms with E-state index in [1.54, 1.807) is 0 Å². The summed E-state index contributed by atoms with van der Waals surface area (Å²) in [6.07, 6.45) is 4.92. The number of anilines is 1. The highest BCUT2D eigenvalue weighted by atomic mass is 19.1. The van der Waals surface area contributed by atoms with Gasteiger partial charge in [-0.1, -0.05) is 0 Å². The third-order valence-electron chi connectivity index (χ3n) is 3.77. The molecule has 1 aromatic rings. The highest BCUT2D eigenvalue weighted by molar-refractivity contribution is 5.36. The van der Waals surface area contributed by atoms with Crippen molar-refractivity contribution in [2.75, 3.05) is 32.6 Å². The van der Waals surface area contributed by atoms with Crippen LogP contribution in [0, 0.1) is 5.95 Å². The van der Waals surface area contributed by atoms with Crippen molar-refractivity contribution in [3.63, 3.8) is 0 Å². The molecule has 1 aliphatic carbocycles. The molecular formula is C12H19FN4. The highest BCUT2D eigenvalue weighted by Crippen LogP contribution is 2.37. The Bertz CT molecular complexity index is 390.